The SMILES string of the molecule is CCOC[CH]OOC(=O)c1cccc(OC)c1. The molecule has 1 aromatic carbocycles. The van der Waals surface area contributed by atoms with Gasteiger partial charge in [0.25, 0.3) is 0 Å². The Morgan fingerprint density at radius 1 is 1.41 bits per heavy atom. The quantitative estimate of drug-likeness (QED) is 0.413. The van der Waals surface area contributed by atoms with E-state index < -0.39 is 5.97 Å². The van der Waals surface area contributed by atoms with E-state index in [1.54, 1.807) is 24.3 Å². The van der Waals surface area contributed by atoms with Gasteiger partial charge in [0.1, 0.15) is 5.75 Å². The molecule has 0 fully saturated rings. The van der Waals surface area contributed by atoms with Crippen LogP contribution >= 0.6 is 0 Å². The highest BCUT2D eigenvalue weighted by Crippen LogP contribution is 2.13. The average Bonchev–Trinajstić information content (AvgIpc) is 2.38. The Bertz CT molecular complexity index is 351. The number of hydrogen-bond acceptors (Lipinski definition) is 5. The van der Waals surface area contributed by atoms with Crippen molar-refractivity contribution in [3.63, 3.8) is 0 Å². The minimum atomic E-state index is -0.586. The normalized spacial score (nSPS) is 10.0. The second-order valence-corrected chi connectivity index (χ2v) is 3.03. The number of benzene rings is 1. The molecule has 0 N–H and O–H groups in total. The van der Waals surface area contributed by atoms with Crippen LogP contribution in [0.15, 0.2) is 24.3 Å². The first-order valence-electron chi connectivity index (χ1n) is 5.19. The predicted molar refractivity (Wildman–Crippen MR) is 60.3 cm³/mol. The minimum absolute atomic E-state index is 0.266. The van der Waals surface area contributed by atoms with Crippen molar-refractivity contribution in [1.82, 2.24) is 0 Å². The largest absolute Gasteiger partial charge is 0.497 e. The molecule has 0 heterocycles. The van der Waals surface area contributed by atoms with Crippen LogP contribution in [0.2, 0.25) is 0 Å². The van der Waals surface area contributed by atoms with E-state index in [2.05, 4.69) is 9.78 Å². The Labute approximate surface area is 100 Å². The molecule has 93 valence electrons. The van der Waals surface area contributed by atoms with Gasteiger partial charge in [0.15, 0.2) is 6.61 Å². The maximum Gasteiger partial charge on any atom is 0.373 e. The molecule has 0 atom stereocenters. The molecular weight excluding hydrogens is 224 g/mol. The van der Waals surface area contributed by atoms with Crippen molar-refractivity contribution in [3.8, 4) is 5.75 Å². The third-order valence-electron chi connectivity index (χ3n) is 1.89. The third kappa shape index (κ3) is 4.84. The first-order chi connectivity index (χ1) is 8.27. The smallest absolute Gasteiger partial charge is 0.373 e. The molecule has 0 aliphatic heterocycles. The molecule has 0 aliphatic carbocycles. The summed E-state index contributed by atoms with van der Waals surface area (Å²) in [5, 5.41) is 0. The second kappa shape index (κ2) is 7.65. The van der Waals surface area contributed by atoms with Crippen LogP contribution in [0.25, 0.3) is 0 Å². The number of hydrogen-bond donors (Lipinski definition) is 0. The summed E-state index contributed by atoms with van der Waals surface area (Å²) in [5.41, 5.74) is 0.356. The molecule has 0 bridgehead atoms. The van der Waals surface area contributed by atoms with Crippen molar-refractivity contribution in [2.45, 2.75) is 6.92 Å². The van der Waals surface area contributed by atoms with Gasteiger partial charge in [0.2, 0.25) is 0 Å². The maximum absolute atomic E-state index is 11.5. The van der Waals surface area contributed by atoms with Crippen molar-refractivity contribution in [3.05, 3.63) is 36.4 Å². The van der Waals surface area contributed by atoms with E-state index >= 15 is 0 Å². The van der Waals surface area contributed by atoms with E-state index in [-0.39, 0.29) is 6.61 Å². The number of ether oxygens (including phenoxy) is 2. The van der Waals surface area contributed by atoms with E-state index in [9.17, 15) is 4.79 Å². The van der Waals surface area contributed by atoms with E-state index in [4.69, 9.17) is 9.47 Å². The molecule has 0 aromatic heterocycles. The fraction of sp³-hybridized carbons (Fsp3) is 0.333. The van der Waals surface area contributed by atoms with E-state index in [1.807, 2.05) is 6.92 Å². The molecule has 1 rings (SSSR count). The van der Waals surface area contributed by atoms with Gasteiger partial charge < -0.3 is 9.47 Å². The Morgan fingerprint density at radius 2 is 2.24 bits per heavy atom. The van der Waals surface area contributed by atoms with Gasteiger partial charge in [0.05, 0.1) is 19.3 Å². The zero-order chi connectivity index (χ0) is 12.5. The van der Waals surface area contributed by atoms with Crippen LogP contribution in [-0.2, 0) is 14.5 Å². The molecule has 0 amide bonds. The molecule has 1 aromatic rings. The van der Waals surface area contributed by atoms with Gasteiger partial charge >= 0.3 is 5.97 Å². The van der Waals surface area contributed by atoms with E-state index in [0.717, 1.165) is 0 Å². The predicted octanol–water partition coefficient (Wildman–Crippen LogP) is 1.98. The molecule has 1 radical (unpaired) electrons. The summed E-state index contributed by atoms with van der Waals surface area (Å²) < 4.78 is 9.95. The molecule has 5 nitrogen and oxygen atoms in total. The van der Waals surface area contributed by atoms with Gasteiger partial charge in [-0.2, -0.15) is 4.89 Å². The van der Waals surface area contributed by atoms with E-state index in [0.29, 0.717) is 17.9 Å². The number of rotatable bonds is 7. The highest BCUT2D eigenvalue weighted by molar-refractivity contribution is 5.89. The van der Waals surface area contributed by atoms with Gasteiger partial charge in [-0.1, -0.05) is 6.07 Å². The third-order valence-corrected chi connectivity index (χ3v) is 1.89. The second-order valence-electron chi connectivity index (χ2n) is 3.03. The van der Waals surface area contributed by atoms with Crippen molar-refractivity contribution >= 4 is 5.97 Å². The monoisotopic (exact) mass is 239 g/mol. The van der Waals surface area contributed by atoms with Gasteiger partial charge in [-0.05, 0) is 25.1 Å². The fourth-order valence-corrected chi connectivity index (χ4v) is 1.07. The average molecular weight is 239 g/mol. The van der Waals surface area contributed by atoms with Crippen molar-refractivity contribution in [1.29, 1.82) is 0 Å². The zero-order valence-electron chi connectivity index (χ0n) is 9.84. The number of carbonyl (C=O) groups excluding carboxylic acids is 1. The van der Waals surface area contributed by atoms with Crippen molar-refractivity contribution in [2.24, 2.45) is 0 Å². The topological polar surface area (TPSA) is 54.0 Å². The molecule has 0 saturated heterocycles. The molecule has 17 heavy (non-hydrogen) atoms. The Hall–Kier alpha value is -1.59. The summed E-state index contributed by atoms with van der Waals surface area (Å²) in [6.45, 7) is 3.96. The first kappa shape index (κ1) is 13.5. The standard InChI is InChI=1S/C12H15O5/c1-3-15-7-8-16-17-12(13)10-5-4-6-11(9-10)14-2/h4-6,8-9H,3,7H2,1-2H3. The lowest BCUT2D eigenvalue weighted by Crippen LogP contribution is -2.07. The maximum atomic E-state index is 11.5. The molecular formula is C12H15O5. The van der Waals surface area contributed by atoms with Crippen molar-refractivity contribution in [2.75, 3.05) is 20.3 Å². The van der Waals surface area contributed by atoms with Crippen LogP contribution in [0, 0.1) is 6.61 Å². The molecule has 0 aliphatic rings. The van der Waals surface area contributed by atoms with E-state index in [1.165, 1.54) is 13.7 Å². The van der Waals surface area contributed by atoms with Crippen molar-refractivity contribution < 1.29 is 24.0 Å². The molecule has 0 saturated carbocycles. The summed E-state index contributed by atoms with van der Waals surface area (Å²) >= 11 is 0. The summed E-state index contributed by atoms with van der Waals surface area (Å²) in [6, 6.07) is 6.60. The Balaban J connectivity index is 2.36. The number of methoxy groups -OCH3 is 1. The summed E-state index contributed by atoms with van der Waals surface area (Å²) in [5.74, 6) is -0.00519. The van der Waals surface area contributed by atoms with Crippen LogP contribution in [0.4, 0.5) is 0 Å². The number of carbonyl (C=O) groups is 1. The van der Waals surface area contributed by atoms with Gasteiger partial charge in [-0.25, -0.2) is 4.79 Å². The zero-order valence-corrected chi connectivity index (χ0v) is 9.84. The summed E-state index contributed by atoms with van der Waals surface area (Å²) in [7, 11) is 1.52. The van der Waals surface area contributed by atoms with Crippen LogP contribution < -0.4 is 4.74 Å². The molecule has 0 unspecified atom stereocenters. The molecule has 5 heteroatoms. The van der Waals surface area contributed by atoms with Crippen LogP contribution in [0.5, 0.6) is 5.75 Å². The molecule has 0 spiro atoms. The first-order valence-corrected chi connectivity index (χ1v) is 5.19. The minimum Gasteiger partial charge on any atom is -0.497 e. The Kier molecular flexibility index (Phi) is 6.06. The highest BCUT2D eigenvalue weighted by atomic mass is 17.2. The Morgan fingerprint density at radius 3 is 2.94 bits per heavy atom. The van der Waals surface area contributed by atoms with Crippen LogP contribution in [0.3, 0.4) is 0 Å². The lowest BCUT2D eigenvalue weighted by molar-refractivity contribution is -0.218. The van der Waals surface area contributed by atoms with Gasteiger partial charge in [0, 0.05) is 6.61 Å². The van der Waals surface area contributed by atoms with Crippen LogP contribution in [-0.4, -0.2) is 26.3 Å². The highest BCUT2D eigenvalue weighted by Gasteiger charge is 2.09. The summed E-state index contributed by atoms with van der Waals surface area (Å²) in [6.07, 6.45) is 0. The summed E-state index contributed by atoms with van der Waals surface area (Å²) in [4.78, 5) is 20.6. The lowest BCUT2D eigenvalue weighted by atomic mass is 10.2. The van der Waals surface area contributed by atoms with Crippen LogP contribution in [0.1, 0.15) is 17.3 Å². The van der Waals surface area contributed by atoms with Gasteiger partial charge in [-0.15, -0.1) is 0 Å². The lowest BCUT2D eigenvalue weighted by Gasteiger charge is -2.04. The van der Waals surface area contributed by atoms with Gasteiger partial charge in [-0.3, -0.25) is 4.89 Å². The fourth-order valence-electron chi connectivity index (χ4n) is 1.07.